The largest absolute Gasteiger partial charge is 0.497 e. The fourth-order valence-electron chi connectivity index (χ4n) is 7.44. The summed E-state index contributed by atoms with van der Waals surface area (Å²) in [7, 11) is 1.53. The quantitative estimate of drug-likeness (QED) is 0.211. The van der Waals surface area contributed by atoms with Crippen molar-refractivity contribution < 1.29 is 29.3 Å². The molecule has 3 aliphatic rings. The van der Waals surface area contributed by atoms with Crippen molar-refractivity contribution in [1.29, 1.82) is 0 Å². The molecule has 0 unspecified atom stereocenters. The van der Waals surface area contributed by atoms with Gasteiger partial charge in [-0.2, -0.15) is 5.10 Å². The molecule has 4 aromatic carbocycles. The van der Waals surface area contributed by atoms with Gasteiger partial charge >= 0.3 is 0 Å². The van der Waals surface area contributed by atoms with E-state index in [1.165, 1.54) is 12.1 Å². The molecule has 7 rings (SSSR count). The number of ether oxygens (including phenoxy) is 1. The standard InChI is InChI=1S/C42H42N4O6/c1-28(10-8-17-39(48)44-26-32-15-7-6-14-31(32)23-34(44)27-47)42(51)36-24-35(52-2)18-20-38(36)45(41(42)50)25-29-11-9-16-33(22-29)46-40(49)21-19-37(43-46)30-12-4-3-5-13-30/h3-16,18,20,22,24,28,34,47,51H,17,19,21,23,25-27H2,1-2H3/b10-8+/t28-,34+,42+/m1/s1. The van der Waals surface area contributed by atoms with Crippen molar-refractivity contribution in [2.24, 2.45) is 11.0 Å². The van der Waals surface area contributed by atoms with Gasteiger partial charge in [-0.05, 0) is 59.0 Å². The zero-order valence-electron chi connectivity index (χ0n) is 29.3. The molecule has 3 atom stereocenters. The second-order valence-corrected chi connectivity index (χ2v) is 13.6. The molecule has 266 valence electrons. The summed E-state index contributed by atoms with van der Waals surface area (Å²) in [5, 5.41) is 28.5. The molecule has 0 spiro atoms. The van der Waals surface area contributed by atoms with Crippen LogP contribution >= 0.6 is 0 Å². The van der Waals surface area contributed by atoms with E-state index in [1.807, 2.05) is 78.9 Å². The lowest BCUT2D eigenvalue weighted by Gasteiger charge is -2.36. The SMILES string of the molecule is COc1ccc2c(c1)[C@@](O)([C@H](C)/C=C/CC(=O)N1Cc3ccccc3C[C@H]1CO)C(=O)N2Cc1cccc(N2N=C(c3ccccc3)CCC2=O)c1. The Labute approximate surface area is 303 Å². The summed E-state index contributed by atoms with van der Waals surface area (Å²) < 4.78 is 5.48. The lowest BCUT2D eigenvalue weighted by molar-refractivity contribution is -0.139. The van der Waals surface area contributed by atoms with Crippen LogP contribution in [0.2, 0.25) is 0 Å². The molecule has 0 fully saturated rings. The number of carbonyl (C=O) groups excluding carboxylic acids is 3. The molecular weight excluding hydrogens is 656 g/mol. The molecular formula is C42H42N4O6. The van der Waals surface area contributed by atoms with Crippen molar-refractivity contribution in [2.75, 3.05) is 23.6 Å². The van der Waals surface area contributed by atoms with Crippen LogP contribution in [-0.2, 0) is 39.5 Å². The van der Waals surface area contributed by atoms with E-state index in [0.29, 0.717) is 48.5 Å². The van der Waals surface area contributed by atoms with E-state index in [0.717, 1.165) is 28.0 Å². The Balaban J connectivity index is 1.11. The summed E-state index contributed by atoms with van der Waals surface area (Å²) in [6.07, 6.45) is 4.92. The molecule has 10 heteroatoms. The van der Waals surface area contributed by atoms with Gasteiger partial charge in [-0.1, -0.05) is 85.8 Å². The van der Waals surface area contributed by atoms with Gasteiger partial charge in [0.2, 0.25) is 11.8 Å². The maximum atomic E-state index is 14.3. The van der Waals surface area contributed by atoms with Gasteiger partial charge in [-0.25, -0.2) is 5.01 Å². The second-order valence-electron chi connectivity index (χ2n) is 13.6. The molecule has 3 amide bonds. The molecule has 0 aliphatic carbocycles. The highest BCUT2D eigenvalue weighted by molar-refractivity contribution is 6.09. The minimum absolute atomic E-state index is 0.0540. The minimum Gasteiger partial charge on any atom is -0.497 e. The van der Waals surface area contributed by atoms with E-state index in [2.05, 4.69) is 0 Å². The van der Waals surface area contributed by atoms with Crippen molar-refractivity contribution in [2.45, 2.75) is 57.3 Å². The maximum Gasteiger partial charge on any atom is 0.264 e. The van der Waals surface area contributed by atoms with Crippen molar-refractivity contribution >= 4 is 34.8 Å². The van der Waals surface area contributed by atoms with E-state index in [-0.39, 0.29) is 37.4 Å². The van der Waals surface area contributed by atoms with E-state index in [1.54, 1.807) is 47.1 Å². The summed E-state index contributed by atoms with van der Waals surface area (Å²) >= 11 is 0. The number of carbonyl (C=O) groups is 3. The van der Waals surface area contributed by atoms with Crippen LogP contribution in [0.5, 0.6) is 5.75 Å². The third-order valence-corrected chi connectivity index (χ3v) is 10.4. The number of rotatable bonds is 10. The van der Waals surface area contributed by atoms with Crippen LogP contribution in [-0.4, -0.2) is 58.3 Å². The highest BCUT2D eigenvalue weighted by atomic mass is 16.5. The predicted octanol–water partition coefficient (Wildman–Crippen LogP) is 5.49. The number of benzene rings is 4. The summed E-state index contributed by atoms with van der Waals surface area (Å²) in [5.74, 6) is -0.968. The topological polar surface area (TPSA) is 123 Å². The zero-order chi connectivity index (χ0) is 36.4. The van der Waals surface area contributed by atoms with Gasteiger partial charge in [-0.3, -0.25) is 14.4 Å². The molecule has 0 bridgehead atoms. The number of methoxy groups -OCH3 is 1. The van der Waals surface area contributed by atoms with Crippen LogP contribution in [0, 0.1) is 5.92 Å². The molecule has 52 heavy (non-hydrogen) atoms. The molecule has 3 heterocycles. The average molecular weight is 699 g/mol. The van der Waals surface area contributed by atoms with Gasteiger partial charge in [0.25, 0.3) is 5.91 Å². The Kier molecular flexibility index (Phi) is 9.77. The minimum atomic E-state index is -1.93. The molecule has 2 N–H and O–H groups in total. The fourth-order valence-corrected chi connectivity index (χ4v) is 7.44. The molecule has 3 aliphatic heterocycles. The normalized spacial score (nSPS) is 20.5. The van der Waals surface area contributed by atoms with Crippen molar-refractivity contribution in [3.63, 3.8) is 0 Å². The zero-order valence-corrected chi connectivity index (χ0v) is 29.3. The number of aliphatic hydroxyl groups is 2. The van der Waals surface area contributed by atoms with Gasteiger partial charge in [-0.15, -0.1) is 0 Å². The van der Waals surface area contributed by atoms with Crippen LogP contribution in [0.3, 0.4) is 0 Å². The average Bonchev–Trinajstić information content (AvgIpc) is 3.39. The van der Waals surface area contributed by atoms with Gasteiger partial charge in [0.05, 0.1) is 43.4 Å². The van der Waals surface area contributed by atoms with Gasteiger partial charge < -0.3 is 24.7 Å². The number of aliphatic hydroxyl groups excluding tert-OH is 1. The Morgan fingerprint density at radius 2 is 1.75 bits per heavy atom. The van der Waals surface area contributed by atoms with E-state index >= 15 is 0 Å². The number of anilines is 2. The number of nitrogens with zero attached hydrogens (tertiary/aromatic N) is 4. The predicted molar refractivity (Wildman–Crippen MR) is 199 cm³/mol. The molecule has 0 aromatic heterocycles. The number of amides is 3. The van der Waals surface area contributed by atoms with Crippen molar-refractivity contribution in [3.05, 3.63) is 137 Å². The Morgan fingerprint density at radius 3 is 2.52 bits per heavy atom. The third kappa shape index (κ3) is 6.51. The number of hydrogen-bond donors (Lipinski definition) is 2. The number of hydrogen-bond acceptors (Lipinski definition) is 7. The van der Waals surface area contributed by atoms with E-state index in [4.69, 9.17) is 9.84 Å². The molecule has 10 nitrogen and oxygen atoms in total. The monoisotopic (exact) mass is 698 g/mol. The van der Waals surface area contributed by atoms with Crippen LogP contribution in [0.4, 0.5) is 11.4 Å². The highest BCUT2D eigenvalue weighted by Crippen LogP contribution is 2.47. The summed E-state index contributed by atoms with van der Waals surface area (Å²) in [6, 6.07) is 30.0. The van der Waals surface area contributed by atoms with Crippen LogP contribution in [0.15, 0.2) is 114 Å². The Hall–Kier alpha value is -5.58. The molecule has 0 saturated heterocycles. The first kappa shape index (κ1) is 34.9. The Bertz CT molecular complexity index is 2060. The summed E-state index contributed by atoms with van der Waals surface area (Å²) in [6.45, 7) is 2.17. The van der Waals surface area contributed by atoms with Crippen LogP contribution in [0.25, 0.3) is 0 Å². The third-order valence-electron chi connectivity index (χ3n) is 10.4. The van der Waals surface area contributed by atoms with Crippen LogP contribution < -0.4 is 14.6 Å². The van der Waals surface area contributed by atoms with Crippen molar-refractivity contribution in [1.82, 2.24) is 4.90 Å². The Morgan fingerprint density at radius 1 is 0.981 bits per heavy atom. The summed E-state index contributed by atoms with van der Waals surface area (Å²) in [5.41, 5.74) is 4.35. The smallest absolute Gasteiger partial charge is 0.264 e. The first-order chi connectivity index (χ1) is 25.2. The van der Waals surface area contributed by atoms with E-state index in [9.17, 15) is 24.6 Å². The lowest BCUT2D eigenvalue weighted by atomic mass is 9.82. The fraction of sp³-hybridized carbons (Fsp3) is 0.286. The molecule has 4 aromatic rings. The first-order valence-corrected chi connectivity index (χ1v) is 17.6. The van der Waals surface area contributed by atoms with Gasteiger partial charge in [0, 0.05) is 37.3 Å². The van der Waals surface area contributed by atoms with Gasteiger partial charge in [0.1, 0.15) is 5.75 Å². The van der Waals surface area contributed by atoms with Crippen molar-refractivity contribution in [3.8, 4) is 5.75 Å². The first-order valence-electron chi connectivity index (χ1n) is 17.6. The van der Waals surface area contributed by atoms with Gasteiger partial charge in [0.15, 0.2) is 5.60 Å². The summed E-state index contributed by atoms with van der Waals surface area (Å²) in [4.78, 5) is 44.0. The number of hydrazone groups is 1. The van der Waals surface area contributed by atoms with Crippen LogP contribution in [0.1, 0.15) is 54.0 Å². The second kappa shape index (κ2) is 14.6. The van der Waals surface area contributed by atoms with E-state index < -0.39 is 17.4 Å². The molecule has 0 saturated carbocycles. The molecule has 0 radical (unpaired) electrons. The maximum absolute atomic E-state index is 14.3. The number of fused-ring (bicyclic) bond motifs is 2. The highest BCUT2D eigenvalue weighted by Gasteiger charge is 2.52. The lowest BCUT2D eigenvalue weighted by Crippen LogP contribution is -2.46.